The van der Waals surface area contributed by atoms with Crippen LogP contribution < -0.4 is 10.6 Å². The number of rotatable bonds is 9. The molecule has 2 atom stereocenters. The van der Waals surface area contributed by atoms with E-state index < -0.39 is 0 Å². The predicted molar refractivity (Wildman–Crippen MR) is 113 cm³/mol. The van der Waals surface area contributed by atoms with Gasteiger partial charge in [0, 0.05) is 39.3 Å². The van der Waals surface area contributed by atoms with Crippen LogP contribution in [0.1, 0.15) is 25.8 Å². The van der Waals surface area contributed by atoms with Crippen molar-refractivity contribution in [2.45, 2.75) is 38.9 Å². The van der Waals surface area contributed by atoms with Crippen LogP contribution in [0, 0.1) is 0 Å². The minimum absolute atomic E-state index is 0. The van der Waals surface area contributed by atoms with Gasteiger partial charge < -0.3 is 15.4 Å². The lowest BCUT2D eigenvalue weighted by molar-refractivity contribution is 0.179. The maximum atomic E-state index is 5.13. The van der Waals surface area contributed by atoms with E-state index in [0.717, 1.165) is 25.5 Å². The lowest BCUT2D eigenvalue weighted by atomic mass is 10.1. The third-order valence-corrected chi connectivity index (χ3v) is 3.91. The van der Waals surface area contributed by atoms with Crippen molar-refractivity contribution in [3.05, 3.63) is 35.9 Å². The van der Waals surface area contributed by atoms with Gasteiger partial charge >= 0.3 is 0 Å². The maximum absolute atomic E-state index is 5.13. The molecule has 0 saturated carbocycles. The van der Waals surface area contributed by atoms with Crippen molar-refractivity contribution in [1.82, 2.24) is 15.5 Å². The molecule has 0 aliphatic heterocycles. The molecule has 2 N–H and O–H groups in total. The molecule has 0 bridgehead atoms. The number of ether oxygens (including phenoxy) is 1. The van der Waals surface area contributed by atoms with Gasteiger partial charge in [-0.3, -0.25) is 9.89 Å². The smallest absolute Gasteiger partial charge is 0.191 e. The van der Waals surface area contributed by atoms with Gasteiger partial charge in [-0.2, -0.15) is 0 Å². The van der Waals surface area contributed by atoms with Gasteiger partial charge in [0.15, 0.2) is 5.96 Å². The first-order valence-electron chi connectivity index (χ1n) is 8.27. The fourth-order valence-corrected chi connectivity index (χ4v) is 2.37. The number of hydrogen-bond acceptors (Lipinski definition) is 3. The minimum Gasteiger partial charge on any atom is -0.383 e. The third kappa shape index (κ3) is 9.44. The molecule has 1 aromatic carbocycles. The topological polar surface area (TPSA) is 48.9 Å². The quantitative estimate of drug-likeness (QED) is 0.347. The summed E-state index contributed by atoms with van der Waals surface area (Å²) in [7, 11) is 5.67. The first kappa shape index (κ1) is 23.1. The fraction of sp³-hybridized carbons (Fsp3) is 0.611. The second-order valence-electron chi connectivity index (χ2n) is 6.04. The van der Waals surface area contributed by atoms with E-state index in [2.05, 4.69) is 71.8 Å². The molecule has 1 rings (SSSR count). The van der Waals surface area contributed by atoms with Crippen LogP contribution in [-0.2, 0) is 11.3 Å². The second kappa shape index (κ2) is 13.4. The lowest BCUT2D eigenvalue weighted by Crippen LogP contribution is -2.45. The lowest BCUT2D eigenvalue weighted by Gasteiger charge is -2.25. The first-order chi connectivity index (χ1) is 11.1. The number of halogens is 1. The molecule has 138 valence electrons. The molecule has 0 radical (unpaired) electrons. The van der Waals surface area contributed by atoms with E-state index >= 15 is 0 Å². The van der Waals surface area contributed by atoms with Crippen molar-refractivity contribution in [3.63, 3.8) is 0 Å². The van der Waals surface area contributed by atoms with Crippen molar-refractivity contribution in [1.29, 1.82) is 0 Å². The summed E-state index contributed by atoms with van der Waals surface area (Å²) in [6.45, 7) is 6.86. The van der Waals surface area contributed by atoms with E-state index in [4.69, 9.17) is 4.74 Å². The van der Waals surface area contributed by atoms with Crippen LogP contribution in [0.5, 0.6) is 0 Å². The van der Waals surface area contributed by atoms with Crippen molar-refractivity contribution in [2.75, 3.05) is 34.4 Å². The Balaban J connectivity index is 0.00000529. The van der Waals surface area contributed by atoms with E-state index in [9.17, 15) is 0 Å². The van der Waals surface area contributed by atoms with Gasteiger partial charge in [-0.1, -0.05) is 30.3 Å². The van der Waals surface area contributed by atoms with Gasteiger partial charge in [0.05, 0.1) is 6.61 Å². The van der Waals surface area contributed by atoms with Crippen LogP contribution in [-0.4, -0.2) is 57.3 Å². The van der Waals surface area contributed by atoms with Crippen LogP contribution in [0.15, 0.2) is 35.3 Å². The Labute approximate surface area is 164 Å². The minimum atomic E-state index is 0. The number of nitrogens with one attached hydrogen (secondary N) is 2. The Hall–Kier alpha value is -0.860. The summed E-state index contributed by atoms with van der Waals surface area (Å²) >= 11 is 0. The van der Waals surface area contributed by atoms with Gasteiger partial charge in [-0.15, -0.1) is 24.0 Å². The number of hydrogen-bond donors (Lipinski definition) is 2. The Morgan fingerprint density at radius 3 is 2.50 bits per heavy atom. The summed E-state index contributed by atoms with van der Waals surface area (Å²) in [5.41, 5.74) is 1.35. The summed E-state index contributed by atoms with van der Waals surface area (Å²) in [4.78, 5) is 6.62. The monoisotopic (exact) mass is 448 g/mol. The van der Waals surface area contributed by atoms with Crippen LogP contribution >= 0.6 is 24.0 Å². The van der Waals surface area contributed by atoms with Crippen molar-refractivity contribution >= 4 is 29.9 Å². The zero-order valence-electron chi connectivity index (χ0n) is 15.6. The molecule has 0 aromatic heterocycles. The normalized spacial score (nSPS) is 14.0. The van der Waals surface area contributed by atoms with Crippen molar-refractivity contribution < 1.29 is 4.74 Å². The predicted octanol–water partition coefficient (Wildman–Crippen LogP) is 2.71. The average Bonchev–Trinajstić information content (AvgIpc) is 2.54. The summed E-state index contributed by atoms with van der Waals surface area (Å²) in [5, 5.41) is 6.68. The molecular weight excluding hydrogens is 415 g/mol. The second-order valence-corrected chi connectivity index (χ2v) is 6.04. The molecule has 2 unspecified atom stereocenters. The molecule has 0 heterocycles. The Kier molecular flexibility index (Phi) is 13.0. The van der Waals surface area contributed by atoms with Gasteiger partial charge in [-0.25, -0.2) is 0 Å². The van der Waals surface area contributed by atoms with Gasteiger partial charge in [0.2, 0.25) is 0 Å². The summed E-state index contributed by atoms with van der Waals surface area (Å²) in [5.74, 6) is 0.826. The van der Waals surface area contributed by atoms with Crippen molar-refractivity contribution in [2.24, 2.45) is 4.99 Å². The fourth-order valence-electron chi connectivity index (χ4n) is 2.37. The number of guanidine groups is 1. The van der Waals surface area contributed by atoms with Gasteiger partial charge in [0.1, 0.15) is 0 Å². The van der Waals surface area contributed by atoms with E-state index in [1.807, 2.05) is 0 Å². The molecular formula is C18H33IN4O. The molecule has 5 nitrogen and oxygen atoms in total. The zero-order chi connectivity index (χ0) is 17.1. The number of aliphatic imine (C=N–C) groups is 1. The SMILES string of the molecule is CN=C(NCCC(C)N(C)Cc1ccccc1)NC(C)COC.I. The zero-order valence-corrected chi connectivity index (χ0v) is 17.9. The Morgan fingerprint density at radius 2 is 1.92 bits per heavy atom. The highest BCUT2D eigenvalue weighted by atomic mass is 127. The number of methoxy groups -OCH3 is 1. The van der Waals surface area contributed by atoms with Crippen LogP contribution in [0.25, 0.3) is 0 Å². The van der Waals surface area contributed by atoms with E-state index in [0.29, 0.717) is 12.6 Å². The standard InChI is InChI=1S/C18H32N4O.HI/c1-15(14-23-5)21-18(19-3)20-12-11-16(2)22(4)13-17-9-7-6-8-10-17;/h6-10,15-16H,11-14H2,1-5H3,(H2,19,20,21);1H. The highest BCUT2D eigenvalue weighted by Crippen LogP contribution is 2.07. The highest BCUT2D eigenvalue weighted by Gasteiger charge is 2.10. The molecule has 0 aliphatic rings. The molecule has 0 spiro atoms. The summed E-state index contributed by atoms with van der Waals surface area (Å²) in [6, 6.07) is 11.3. The Morgan fingerprint density at radius 1 is 1.25 bits per heavy atom. The molecule has 1 aromatic rings. The number of benzene rings is 1. The molecule has 0 saturated heterocycles. The molecule has 24 heavy (non-hydrogen) atoms. The van der Waals surface area contributed by atoms with Gasteiger partial charge in [0.25, 0.3) is 0 Å². The van der Waals surface area contributed by atoms with Crippen LogP contribution in [0.2, 0.25) is 0 Å². The highest BCUT2D eigenvalue weighted by molar-refractivity contribution is 14.0. The largest absolute Gasteiger partial charge is 0.383 e. The maximum Gasteiger partial charge on any atom is 0.191 e. The van der Waals surface area contributed by atoms with Crippen LogP contribution in [0.3, 0.4) is 0 Å². The molecule has 0 amide bonds. The molecule has 6 heteroatoms. The molecule has 0 fully saturated rings. The van der Waals surface area contributed by atoms with Crippen molar-refractivity contribution in [3.8, 4) is 0 Å². The average molecular weight is 448 g/mol. The Bertz CT molecular complexity index is 456. The first-order valence-corrected chi connectivity index (χ1v) is 8.27. The molecule has 0 aliphatic carbocycles. The van der Waals surface area contributed by atoms with Gasteiger partial charge in [-0.05, 0) is 32.9 Å². The van der Waals surface area contributed by atoms with Crippen LogP contribution in [0.4, 0.5) is 0 Å². The third-order valence-electron chi connectivity index (χ3n) is 3.91. The summed E-state index contributed by atoms with van der Waals surface area (Å²) in [6.07, 6.45) is 1.06. The van der Waals surface area contributed by atoms with E-state index in [1.54, 1.807) is 14.2 Å². The van der Waals surface area contributed by atoms with E-state index in [1.165, 1.54) is 5.56 Å². The van der Waals surface area contributed by atoms with E-state index in [-0.39, 0.29) is 30.0 Å². The summed E-state index contributed by atoms with van der Waals surface area (Å²) < 4.78 is 5.13. The number of nitrogens with zero attached hydrogens (tertiary/aromatic N) is 2.